The largest absolute Gasteiger partial charge is 0.423 e. The van der Waals surface area contributed by atoms with Gasteiger partial charge < -0.3 is 4.74 Å². The highest BCUT2D eigenvalue weighted by Crippen LogP contribution is 2.49. The summed E-state index contributed by atoms with van der Waals surface area (Å²) in [7, 11) is 0. The number of fused-ring (bicyclic) bond motifs is 3. The fourth-order valence-electron chi connectivity index (χ4n) is 3.18. The number of rotatable bonds is 2. The zero-order valence-corrected chi connectivity index (χ0v) is 13.4. The Morgan fingerprint density at radius 3 is 2.36 bits per heavy atom. The average molecular weight is 292 g/mol. The van der Waals surface area contributed by atoms with E-state index in [0.717, 1.165) is 0 Å². The van der Waals surface area contributed by atoms with Crippen LogP contribution in [0.5, 0.6) is 5.75 Å². The van der Waals surface area contributed by atoms with Crippen LogP contribution in [0, 0.1) is 6.92 Å². The summed E-state index contributed by atoms with van der Waals surface area (Å²) in [4.78, 5) is 11.6. The molecule has 0 saturated carbocycles. The lowest BCUT2D eigenvalue weighted by atomic mass is 9.82. The number of esters is 1. The van der Waals surface area contributed by atoms with Gasteiger partial charge in [-0.2, -0.15) is 0 Å². The van der Waals surface area contributed by atoms with Crippen molar-refractivity contribution in [3.63, 3.8) is 0 Å². The van der Waals surface area contributed by atoms with Crippen LogP contribution >= 0.6 is 0 Å². The summed E-state index contributed by atoms with van der Waals surface area (Å²) in [5, 5.41) is 0. The first-order valence-corrected chi connectivity index (χ1v) is 7.54. The van der Waals surface area contributed by atoms with Crippen molar-refractivity contribution in [2.75, 3.05) is 0 Å². The first kappa shape index (κ1) is 14.6. The molecule has 2 nitrogen and oxygen atoms in total. The van der Waals surface area contributed by atoms with E-state index in [2.05, 4.69) is 45.0 Å². The minimum atomic E-state index is -0.341. The van der Waals surface area contributed by atoms with Crippen LogP contribution < -0.4 is 4.74 Å². The molecule has 0 aliphatic heterocycles. The molecule has 0 bridgehead atoms. The van der Waals surface area contributed by atoms with Crippen molar-refractivity contribution in [3.8, 4) is 16.9 Å². The number of carbonyl (C=O) groups is 1. The summed E-state index contributed by atoms with van der Waals surface area (Å²) >= 11 is 0. The van der Waals surface area contributed by atoms with Gasteiger partial charge in [-0.25, -0.2) is 4.79 Å². The smallest absolute Gasteiger partial charge is 0.335 e. The fourth-order valence-corrected chi connectivity index (χ4v) is 3.18. The highest BCUT2D eigenvalue weighted by atomic mass is 16.5. The molecule has 0 spiro atoms. The van der Waals surface area contributed by atoms with Crippen molar-refractivity contribution < 1.29 is 9.53 Å². The number of benzene rings is 2. The maximum absolute atomic E-state index is 11.6. The second-order valence-electron chi connectivity index (χ2n) is 6.30. The molecule has 0 fully saturated rings. The van der Waals surface area contributed by atoms with Crippen molar-refractivity contribution in [3.05, 3.63) is 65.2 Å². The topological polar surface area (TPSA) is 26.3 Å². The minimum Gasteiger partial charge on any atom is -0.423 e. The Morgan fingerprint density at radius 1 is 1.05 bits per heavy atom. The number of hydrogen-bond donors (Lipinski definition) is 0. The zero-order chi connectivity index (χ0) is 15.9. The monoisotopic (exact) mass is 292 g/mol. The predicted octanol–water partition coefficient (Wildman–Crippen LogP) is 4.78. The quantitative estimate of drug-likeness (QED) is 0.452. The molecule has 2 aromatic rings. The summed E-state index contributed by atoms with van der Waals surface area (Å²) in [6.07, 6.45) is 3.11. The summed E-state index contributed by atoms with van der Waals surface area (Å²) in [5.74, 6) is 0.256. The molecule has 1 aliphatic rings. The lowest BCUT2D eigenvalue weighted by Gasteiger charge is -2.22. The second kappa shape index (κ2) is 5.13. The van der Waals surface area contributed by atoms with Crippen molar-refractivity contribution in [2.24, 2.45) is 0 Å². The van der Waals surface area contributed by atoms with Crippen LogP contribution in [0.15, 0.2) is 48.6 Å². The minimum absolute atomic E-state index is 0.0836. The molecule has 0 amide bonds. The van der Waals surface area contributed by atoms with Crippen molar-refractivity contribution in [2.45, 2.75) is 33.1 Å². The highest BCUT2D eigenvalue weighted by Gasteiger charge is 2.35. The van der Waals surface area contributed by atoms with Crippen LogP contribution in [-0.2, 0) is 10.2 Å². The van der Waals surface area contributed by atoms with Crippen LogP contribution in [0.25, 0.3) is 11.1 Å². The number of aryl methyl sites for hydroxylation is 1. The molecule has 3 rings (SSSR count). The van der Waals surface area contributed by atoms with E-state index in [1.807, 2.05) is 12.1 Å². The summed E-state index contributed by atoms with van der Waals surface area (Å²) in [6.45, 7) is 8.35. The molecule has 112 valence electrons. The van der Waals surface area contributed by atoms with Crippen LogP contribution in [-0.4, -0.2) is 5.97 Å². The molecule has 0 radical (unpaired) electrons. The van der Waals surface area contributed by atoms with E-state index in [0.29, 0.717) is 5.75 Å². The summed E-state index contributed by atoms with van der Waals surface area (Å²) in [6, 6.07) is 12.5. The van der Waals surface area contributed by atoms with E-state index in [9.17, 15) is 4.79 Å². The van der Waals surface area contributed by atoms with Gasteiger partial charge in [0.1, 0.15) is 5.75 Å². The van der Waals surface area contributed by atoms with Gasteiger partial charge in [0.15, 0.2) is 0 Å². The average Bonchev–Trinajstić information content (AvgIpc) is 2.68. The third-order valence-electron chi connectivity index (χ3n) is 4.32. The summed E-state index contributed by atoms with van der Waals surface area (Å²) < 4.78 is 5.37. The number of carbonyl (C=O) groups excluding carboxylic acids is 1. The van der Waals surface area contributed by atoms with Gasteiger partial charge in [0.25, 0.3) is 0 Å². The van der Waals surface area contributed by atoms with Crippen LogP contribution in [0.2, 0.25) is 0 Å². The second-order valence-corrected chi connectivity index (χ2v) is 6.30. The Bertz CT molecular complexity index is 782. The molecule has 0 N–H and O–H groups in total. The maximum Gasteiger partial charge on any atom is 0.335 e. The molecule has 0 heterocycles. The van der Waals surface area contributed by atoms with E-state index in [4.69, 9.17) is 4.74 Å². The van der Waals surface area contributed by atoms with Crippen LogP contribution in [0.3, 0.4) is 0 Å². The van der Waals surface area contributed by atoms with Crippen LogP contribution in [0.4, 0.5) is 0 Å². The lowest BCUT2D eigenvalue weighted by molar-refractivity contribution is -0.129. The standard InChI is InChI=1S/C20H20O2/c1-5-6-19(21)22-14-8-10-16-15-9-7-13(2)11-17(15)20(3,4)18(16)12-14/h5-12H,1-4H3. The van der Waals surface area contributed by atoms with Gasteiger partial charge in [-0.1, -0.05) is 49.8 Å². The Hall–Kier alpha value is -2.35. The zero-order valence-electron chi connectivity index (χ0n) is 13.4. The molecule has 0 aromatic heterocycles. The van der Waals surface area contributed by atoms with Gasteiger partial charge in [0.2, 0.25) is 0 Å². The normalized spacial score (nSPS) is 14.7. The van der Waals surface area contributed by atoms with E-state index >= 15 is 0 Å². The molecular formula is C20H20O2. The van der Waals surface area contributed by atoms with Crippen molar-refractivity contribution >= 4 is 5.97 Å². The van der Waals surface area contributed by atoms with Crippen LogP contribution in [0.1, 0.15) is 37.5 Å². The molecule has 0 unspecified atom stereocenters. The van der Waals surface area contributed by atoms with Gasteiger partial charge in [0, 0.05) is 11.5 Å². The van der Waals surface area contributed by atoms with Gasteiger partial charge in [-0.05, 0) is 48.2 Å². The van der Waals surface area contributed by atoms with E-state index < -0.39 is 0 Å². The number of hydrogen-bond acceptors (Lipinski definition) is 2. The predicted molar refractivity (Wildman–Crippen MR) is 89.2 cm³/mol. The third-order valence-corrected chi connectivity index (χ3v) is 4.32. The Labute approximate surface area is 131 Å². The highest BCUT2D eigenvalue weighted by molar-refractivity contribution is 5.85. The third kappa shape index (κ3) is 2.25. The Kier molecular flexibility index (Phi) is 3.40. The molecule has 0 atom stereocenters. The molecule has 0 saturated heterocycles. The fraction of sp³-hybridized carbons (Fsp3) is 0.250. The van der Waals surface area contributed by atoms with Gasteiger partial charge >= 0.3 is 5.97 Å². The Morgan fingerprint density at radius 2 is 1.68 bits per heavy atom. The van der Waals surface area contributed by atoms with Crippen molar-refractivity contribution in [1.29, 1.82) is 0 Å². The Balaban J connectivity index is 2.07. The first-order valence-electron chi connectivity index (χ1n) is 7.54. The molecule has 1 aliphatic carbocycles. The SMILES string of the molecule is CC=CC(=O)Oc1ccc2c(c1)C(C)(C)c1cc(C)ccc1-2. The number of ether oxygens (including phenoxy) is 1. The van der Waals surface area contributed by atoms with E-state index in [1.54, 1.807) is 13.0 Å². The summed E-state index contributed by atoms with van der Waals surface area (Å²) in [5.41, 5.74) is 6.22. The van der Waals surface area contributed by atoms with Gasteiger partial charge in [-0.15, -0.1) is 0 Å². The molecular weight excluding hydrogens is 272 g/mol. The maximum atomic E-state index is 11.6. The molecule has 22 heavy (non-hydrogen) atoms. The van der Waals surface area contributed by atoms with E-state index in [-0.39, 0.29) is 11.4 Å². The van der Waals surface area contributed by atoms with Gasteiger partial charge in [0.05, 0.1) is 0 Å². The van der Waals surface area contributed by atoms with Gasteiger partial charge in [-0.3, -0.25) is 0 Å². The van der Waals surface area contributed by atoms with Crippen molar-refractivity contribution in [1.82, 2.24) is 0 Å². The van der Waals surface area contributed by atoms with E-state index in [1.165, 1.54) is 33.9 Å². The molecule has 2 aromatic carbocycles. The number of allylic oxidation sites excluding steroid dienone is 1. The molecule has 2 heteroatoms. The lowest BCUT2D eigenvalue weighted by Crippen LogP contribution is -2.15. The first-order chi connectivity index (χ1) is 10.4.